The number of rotatable bonds is 3. The van der Waals surface area contributed by atoms with Crippen molar-refractivity contribution in [1.82, 2.24) is 14.7 Å². The zero-order valence-electron chi connectivity index (χ0n) is 11.8. The highest BCUT2D eigenvalue weighted by molar-refractivity contribution is 6.30. The quantitative estimate of drug-likeness (QED) is 0.790. The summed E-state index contributed by atoms with van der Waals surface area (Å²) in [6, 6.07) is 10.9. The first kappa shape index (κ1) is 14.9. The van der Waals surface area contributed by atoms with Crippen LogP contribution in [0.2, 0.25) is 10.0 Å². The Labute approximate surface area is 137 Å². The normalized spacial score (nSPS) is 10.9. The number of carbonyl (C=O) groups excluding carboxylic acids is 1. The highest BCUT2D eigenvalue weighted by Gasteiger charge is 2.16. The fourth-order valence-electron chi connectivity index (χ4n) is 2.28. The van der Waals surface area contributed by atoms with Gasteiger partial charge in [0.05, 0.1) is 10.7 Å². The first-order valence-corrected chi connectivity index (χ1v) is 7.47. The van der Waals surface area contributed by atoms with E-state index in [2.05, 4.69) is 10.3 Å². The largest absolute Gasteiger partial charge is 0.347 e. The third-order valence-corrected chi connectivity index (χ3v) is 3.81. The maximum absolute atomic E-state index is 12.5. The number of imidazole rings is 1. The van der Waals surface area contributed by atoms with E-state index in [9.17, 15) is 4.79 Å². The van der Waals surface area contributed by atoms with E-state index in [1.54, 1.807) is 41.8 Å². The van der Waals surface area contributed by atoms with Crippen LogP contribution in [0.3, 0.4) is 0 Å². The van der Waals surface area contributed by atoms with Crippen LogP contribution in [0, 0.1) is 6.92 Å². The molecule has 3 aromatic rings. The lowest BCUT2D eigenvalue weighted by Crippen LogP contribution is -2.24. The van der Waals surface area contributed by atoms with Gasteiger partial charge in [0.15, 0.2) is 0 Å². The molecule has 0 bridgehead atoms. The molecule has 0 saturated carbocycles. The van der Waals surface area contributed by atoms with E-state index in [1.807, 2.05) is 12.1 Å². The number of pyridine rings is 1. The molecule has 0 fully saturated rings. The maximum atomic E-state index is 12.5. The van der Waals surface area contributed by atoms with Crippen LogP contribution < -0.4 is 5.32 Å². The number of hydrogen-bond acceptors (Lipinski definition) is 2. The zero-order valence-corrected chi connectivity index (χ0v) is 13.3. The van der Waals surface area contributed by atoms with Crippen molar-refractivity contribution in [1.29, 1.82) is 0 Å². The van der Waals surface area contributed by atoms with Crippen molar-refractivity contribution < 1.29 is 4.79 Å². The maximum Gasteiger partial charge on any atom is 0.270 e. The van der Waals surface area contributed by atoms with Crippen molar-refractivity contribution in [3.8, 4) is 0 Å². The van der Waals surface area contributed by atoms with Gasteiger partial charge in [-0.25, -0.2) is 4.98 Å². The number of halogens is 2. The zero-order chi connectivity index (χ0) is 15.7. The molecule has 0 spiro atoms. The molecular formula is C16H13Cl2N3O. The number of amides is 1. The van der Waals surface area contributed by atoms with Gasteiger partial charge in [0.1, 0.15) is 11.3 Å². The van der Waals surface area contributed by atoms with Gasteiger partial charge in [-0.1, -0.05) is 35.3 Å². The number of carbonyl (C=O) groups is 1. The molecule has 2 heterocycles. The Morgan fingerprint density at radius 2 is 1.82 bits per heavy atom. The second-order valence-electron chi connectivity index (χ2n) is 4.93. The van der Waals surface area contributed by atoms with Gasteiger partial charge in [0.2, 0.25) is 0 Å². The summed E-state index contributed by atoms with van der Waals surface area (Å²) in [4.78, 5) is 16.8. The summed E-state index contributed by atoms with van der Waals surface area (Å²) in [6.07, 6.45) is 1.69. The minimum Gasteiger partial charge on any atom is -0.347 e. The second kappa shape index (κ2) is 5.99. The molecule has 22 heavy (non-hydrogen) atoms. The third kappa shape index (κ3) is 2.93. The van der Waals surface area contributed by atoms with Crippen LogP contribution in [-0.4, -0.2) is 15.3 Å². The van der Waals surface area contributed by atoms with E-state index < -0.39 is 0 Å². The second-order valence-corrected chi connectivity index (χ2v) is 5.80. The number of fused-ring (bicyclic) bond motifs is 1. The molecule has 0 aliphatic heterocycles. The third-order valence-electron chi connectivity index (χ3n) is 3.34. The van der Waals surface area contributed by atoms with Crippen LogP contribution in [0.15, 0.2) is 42.6 Å². The molecule has 1 N–H and O–H groups in total. The number of aryl methyl sites for hydroxylation is 1. The minimum absolute atomic E-state index is 0.192. The van der Waals surface area contributed by atoms with Gasteiger partial charge < -0.3 is 5.32 Å². The van der Waals surface area contributed by atoms with Gasteiger partial charge in [0, 0.05) is 17.8 Å². The summed E-state index contributed by atoms with van der Waals surface area (Å²) in [5.41, 5.74) is 2.82. The monoisotopic (exact) mass is 333 g/mol. The van der Waals surface area contributed by atoms with Crippen molar-refractivity contribution in [2.45, 2.75) is 13.5 Å². The average molecular weight is 334 g/mol. The van der Waals surface area contributed by atoms with E-state index in [0.29, 0.717) is 33.6 Å². The summed E-state index contributed by atoms with van der Waals surface area (Å²) in [5, 5.41) is 4.11. The molecule has 0 atom stereocenters. The van der Waals surface area contributed by atoms with Crippen LogP contribution in [-0.2, 0) is 6.54 Å². The summed E-state index contributed by atoms with van der Waals surface area (Å²) in [7, 11) is 0. The number of benzene rings is 1. The van der Waals surface area contributed by atoms with E-state index in [4.69, 9.17) is 23.2 Å². The lowest BCUT2D eigenvalue weighted by atomic mass is 10.2. The molecule has 4 nitrogen and oxygen atoms in total. The molecule has 112 valence electrons. The topological polar surface area (TPSA) is 46.4 Å². The number of aromatic nitrogens is 2. The van der Waals surface area contributed by atoms with Crippen LogP contribution in [0.1, 0.15) is 21.7 Å². The number of nitrogens with one attached hydrogen (secondary N) is 1. The van der Waals surface area contributed by atoms with Gasteiger partial charge in [-0.05, 0) is 36.8 Å². The summed E-state index contributed by atoms with van der Waals surface area (Å²) in [5.74, 6) is -0.192. The van der Waals surface area contributed by atoms with E-state index in [-0.39, 0.29) is 5.91 Å². The van der Waals surface area contributed by atoms with Crippen LogP contribution in [0.5, 0.6) is 0 Å². The van der Waals surface area contributed by atoms with Crippen LogP contribution in [0.25, 0.3) is 5.65 Å². The highest BCUT2D eigenvalue weighted by atomic mass is 35.5. The van der Waals surface area contributed by atoms with E-state index >= 15 is 0 Å². The standard InChI is InChI=1S/C16H13Cl2N3O/c1-10-15(21-9-13(18)6-7-14(21)20-10)16(22)19-8-11-2-4-12(17)5-3-11/h2-7,9H,8H2,1H3,(H,19,22). The van der Waals surface area contributed by atoms with Crippen molar-refractivity contribution in [2.24, 2.45) is 0 Å². The summed E-state index contributed by atoms with van der Waals surface area (Å²) < 4.78 is 1.70. The Bertz CT molecular complexity index is 840. The van der Waals surface area contributed by atoms with Gasteiger partial charge in [0.25, 0.3) is 5.91 Å². The first-order valence-electron chi connectivity index (χ1n) is 6.71. The predicted molar refractivity (Wildman–Crippen MR) is 87.6 cm³/mol. The molecule has 1 aromatic carbocycles. The van der Waals surface area contributed by atoms with Crippen LogP contribution >= 0.6 is 23.2 Å². The lowest BCUT2D eigenvalue weighted by molar-refractivity contribution is 0.0944. The molecule has 2 aromatic heterocycles. The molecule has 0 aliphatic rings. The van der Waals surface area contributed by atoms with Gasteiger partial charge >= 0.3 is 0 Å². The van der Waals surface area contributed by atoms with Crippen molar-refractivity contribution in [2.75, 3.05) is 0 Å². The molecule has 0 radical (unpaired) electrons. The molecule has 3 rings (SSSR count). The van der Waals surface area contributed by atoms with Crippen molar-refractivity contribution in [3.63, 3.8) is 0 Å². The Balaban J connectivity index is 1.84. The fraction of sp³-hybridized carbons (Fsp3) is 0.125. The Hall–Kier alpha value is -2.04. The first-order chi connectivity index (χ1) is 10.5. The lowest BCUT2D eigenvalue weighted by Gasteiger charge is -2.06. The predicted octanol–water partition coefficient (Wildman–Crippen LogP) is 3.88. The van der Waals surface area contributed by atoms with Crippen molar-refractivity contribution in [3.05, 3.63) is 69.6 Å². The fourth-order valence-corrected chi connectivity index (χ4v) is 2.56. The van der Waals surface area contributed by atoms with Crippen LogP contribution in [0.4, 0.5) is 0 Å². The highest BCUT2D eigenvalue weighted by Crippen LogP contribution is 2.16. The Morgan fingerprint density at radius 1 is 1.14 bits per heavy atom. The smallest absolute Gasteiger partial charge is 0.270 e. The van der Waals surface area contributed by atoms with Crippen molar-refractivity contribution >= 4 is 34.8 Å². The minimum atomic E-state index is -0.192. The van der Waals surface area contributed by atoms with E-state index in [1.165, 1.54) is 0 Å². The Kier molecular flexibility index (Phi) is 4.05. The molecule has 0 aliphatic carbocycles. The number of nitrogens with zero attached hydrogens (tertiary/aromatic N) is 2. The molecule has 6 heteroatoms. The SMILES string of the molecule is Cc1nc2ccc(Cl)cn2c1C(=O)NCc1ccc(Cl)cc1. The molecule has 1 amide bonds. The average Bonchev–Trinajstić information content (AvgIpc) is 2.81. The molecule has 0 unspecified atom stereocenters. The van der Waals surface area contributed by atoms with Gasteiger partial charge in [-0.15, -0.1) is 0 Å². The van der Waals surface area contributed by atoms with Gasteiger partial charge in [-0.2, -0.15) is 0 Å². The molecular weight excluding hydrogens is 321 g/mol. The number of hydrogen-bond donors (Lipinski definition) is 1. The summed E-state index contributed by atoms with van der Waals surface area (Å²) in [6.45, 7) is 2.22. The van der Waals surface area contributed by atoms with Gasteiger partial charge in [-0.3, -0.25) is 9.20 Å². The van der Waals surface area contributed by atoms with E-state index in [0.717, 1.165) is 5.56 Å². The molecule has 0 saturated heterocycles. The Morgan fingerprint density at radius 3 is 2.55 bits per heavy atom. The summed E-state index contributed by atoms with van der Waals surface area (Å²) >= 11 is 11.8.